The Balaban J connectivity index is 4.88. The van der Waals surface area contributed by atoms with Gasteiger partial charge in [-0.05, 0) is 6.92 Å². The van der Waals surface area contributed by atoms with Gasteiger partial charge in [0.25, 0.3) is 0 Å². The van der Waals surface area contributed by atoms with E-state index >= 15 is 0 Å². The van der Waals surface area contributed by atoms with Gasteiger partial charge in [0.15, 0.2) is 0 Å². The van der Waals surface area contributed by atoms with Crippen LogP contribution in [0, 0.1) is 0 Å². The molecule has 6 nitrogen and oxygen atoms in total. The Morgan fingerprint density at radius 3 is 1.82 bits per heavy atom. The predicted molar refractivity (Wildman–Crippen MR) is 36.5 cm³/mol. The fraction of sp³-hybridized carbons (Fsp3) is 1.00. The molecule has 0 saturated carbocycles. The third kappa shape index (κ3) is 2.40. The average Bonchev–Trinajstić information content (AvgIpc) is 1.87. The molecule has 0 spiro atoms. The molecule has 0 aliphatic rings. The number of hydrogen-bond donors (Lipinski definition) is 0. The van der Waals surface area contributed by atoms with Crippen LogP contribution < -0.4 is 0 Å². The molecule has 0 bridgehead atoms. The summed E-state index contributed by atoms with van der Waals surface area (Å²) in [6.45, 7) is 1.10. The van der Waals surface area contributed by atoms with Crippen molar-refractivity contribution in [1.29, 1.82) is 0 Å². The summed E-state index contributed by atoms with van der Waals surface area (Å²) in [5, 5.41) is 0. The smallest absolute Gasteiger partial charge is 0.260 e. The second-order valence-corrected chi connectivity index (χ2v) is 6.04. The Kier molecular flexibility index (Phi) is 3.42. The van der Waals surface area contributed by atoms with E-state index in [2.05, 4.69) is 8.37 Å². The minimum absolute atomic E-state index is 0.245. The highest BCUT2D eigenvalue weighted by Gasteiger charge is 2.30. The van der Waals surface area contributed by atoms with Crippen LogP contribution in [-0.4, -0.2) is 30.6 Å². The molecule has 0 aromatic heterocycles. The van der Waals surface area contributed by atoms with Crippen molar-refractivity contribution in [2.75, 3.05) is 13.7 Å². The van der Waals surface area contributed by atoms with Gasteiger partial charge in [0.2, 0.25) is 0 Å². The van der Waals surface area contributed by atoms with Crippen molar-refractivity contribution in [3.8, 4) is 0 Å². The van der Waals surface area contributed by atoms with Gasteiger partial charge in [-0.1, -0.05) is 0 Å². The third-order valence-electron chi connectivity index (χ3n) is 0.716. The van der Waals surface area contributed by atoms with Crippen LogP contribution in [0.1, 0.15) is 6.92 Å². The quantitative estimate of drug-likeness (QED) is 0.560. The molecule has 0 heterocycles. The summed E-state index contributed by atoms with van der Waals surface area (Å²) >= 11 is 0. The molecule has 8 heteroatoms. The molecule has 11 heavy (non-hydrogen) atoms. The molecule has 0 aromatic rings. The molecule has 0 amide bonds. The van der Waals surface area contributed by atoms with Crippen LogP contribution in [0.3, 0.4) is 0 Å². The van der Waals surface area contributed by atoms with Crippen molar-refractivity contribution in [1.82, 2.24) is 0 Å². The highest BCUT2D eigenvalue weighted by molar-refractivity contribution is 8.63. The first-order valence-corrected chi connectivity index (χ1v) is 5.90. The standard InChI is InChI=1S/C3H8O6S2/c1-3-9-11(6,7)10(4,5)8-2/h3H2,1-2H3. The number of hydrogen-bond acceptors (Lipinski definition) is 6. The average molecular weight is 204 g/mol. The zero-order valence-electron chi connectivity index (χ0n) is 5.97. The maximum absolute atomic E-state index is 10.5. The monoisotopic (exact) mass is 204 g/mol. The van der Waals surface area contributed by atoms with Crippen LogP contribution in [0.2, 0.25) is 0 Å². The molecule has 0 aromatic carbocycles. The van der Waals surface area contributed by atoms with E-state index in [1.807, 2.05) is 0 Å². The van der Waals surface area contributed by atoms with E-state index in [9.17, 15) is 16.8 Å². The number of rotatable bonds is 4. The summed E-state index contributed by atoms with van der Waals surface area (Å²) in [5.74, 6) is 0. The summed E-state index contributed by atoms with van der Waals surface area (Å²) in [7, 11) is -8.48. The van der Waals surface area contributed by atoms with Crippen molar-refractivity contribution in [3.05, 3.63) is 0 Å². The molecule has 0 saturated heterocycles. The van der Waals surface area contributed by atoms with E-state index in [0.29, 0.717) is 0 Å². The van der Waals surface area contributed by atoms with Gasteiger partial charge >= 0.3 is 18.3 Å². The van der Waals surface area contributed by atoms with Crippen LogP contribution in [-0.2, 0) is 26.7 Å². The predicted octanol–water partition coefficient (Wildman–Crippen LogP) is -0.756. The molecular formula is C3H8O6S2. The van der Waals surface area contributed by atoms with Gasteiger partial charge < -0.3 is 0 Å². The molecule has 0 N–H and O–H groups in total. The minimum Gasteiger partial charge on any atom is -0.260 e. The van der Waals surface area contributed by atoms with Gasteiger partial charge in [-0.2, -0.15) is 16.8 Å². The van der Waals surface area contributed by atoms with Gasteiger partial charge in [0.05, 0.1) is 13.7 Å². The van der Waals surface area contributed by atoms with Crippen LogP contribution in [0.25, 0.3) is 0 Å². The van der Waals surface area contributed by atoms with E-state index in [1.54, 1.807) is 0 Å². The molecule has 0 unspecified atom stereocenters. The molecular weight excluding hydrogens is 196 g/mol. The molecule has 0 fully saturated rings. The van der Waals surface area contributed by atoms with E-state index in [4.69, 9.17) is 0 Å². The zero-order chi connectivity index (χ0) is 9.12. The lowest BCUT2D eigenvalue weighted by molar-refractivity contribution is 0.336. The Morgan fingerprint density at radius 1 is 1.09 bits per heavy atom. The Hall–Kier alpha value is -0.180. The van der Waals surface area contributed by atoms with Gasteiger partial charge in [-0.3, -0.25) is 8.37 Å². The fourth-order valence-corrected chi connectivity index (χ4v) is 2.00. The minimum atomic E-state index is -4.61. The summed E-state index contributed by atoms with van der Waals surface area (Å²) in [6.07, 6.45) is 0. The summed E-state index contributed by atoms with van der Waals surface area (Å²) in [6, 6.07) is 0. The van der Waals surface area contributed by atoms with E-state index in [1.165, 1.54) is 6.92 Å². The molecule has 0 radical (unpaired) electrons. The van der Waals surface area contributed by atoms with Crippen molar-refractivity contribution in [3.63, 3.8) is 0 Å². The van der Waals surface area contributed by atoms with Crippen molar-refractivity contribution in [2.24, 2.45) is 0 Å². The second kappa shape index (κ2) is 3.48. The summed E-state index contributed by atoms with van der Waals surface area (Å²) in [5.41, 5.74) is 0. The normalized spacial score (nSPS) is 13.3. The first kappa shape index (κ1) is 10.8. The molecule has 0 rings (SSSR count). The molecule has 68 valence electrons. The van der Waals surface area contributed by atoms with Gasteiger partial charge in [0.1, 0.15) is 0 Å². The largest absolute Gasteiger partial charge is 0.400 e. The zero-order valence-corrected chi connectivity index (χ0v) is 7.61. The molecule has 0 aliphatic carbocycles. The Morgan fingerprint density at radius 2 is 1.55 bits per heavy atom. The van der Waals surface area contributed by atoms with E-state index in [0.717, 1.165) is 7.11 Å². The highest BCUT2D eigenvalue weighted by Crippen LogP contribution is 2.05. The maximum Gasteiger partial charge on any atom is 0.400 e. The molecule has 0 aliphatic heterocycles. The lowest BCUT2D eigenvalue weighted by atomic mass is 10.9. The maximum atomic E-state index is 10.5. The SMILES string of the molecule is CCOS(=O)(=O)S(=O)(=O)OC. The lowest BCUT2D eigenvalue weighted by Gasteiger charge is -2.00. The first-order chi connectivity index (χ1) is 4.87. The molecule has 0 atom stereocenters. The van der Waals surface area contributed by atoms with Gasteiger partial charge in [-0.25, -0.2) is 0 Å². The fourth-order valence-electron chi connectivity index (χ4n) is 0.287. The Bertz CT molecular complexity index is 297. The van der Waals surface area contributed by atoms with Gasteiger partial charge in [-0.15, -0.1) is 0 Å². The van der Waals surface area contributed by atoms with E-state index in [-0.39, 0.29) is 6.61 Å². The van der Waals surface area contributed by atoms with Crippen molar-refractivity contribution >= 4 is 18.3 Å². The summed E-state index contributed by atoms with van der Waals surface area (Å²) < 4.78 is 49.7. The van der Waals surface area contributed by atoms with Crippen molar-refractivity contribution in [2.45, 2.75) is 6.92 Å². The summed E-state index contributed by atoms with van der Waals surface area (Å²) in [4.78, 5) is 0. The van der Waals surface area contributed by atoms with Gasteiger partial charge in [0, 0.05) is 0 Å². The van der Waals surface area contributed by atoms with Crippen LogP contribution in [0.15, 0.2) is 0 Å². The Labute approximate surface area is 64.8 Å². The second-order valence-electron chi connectivity index (χ2n) is 1.39. The lowest BCUT2D eigenvalue weighted by Crippen LogP contribution is -2.19. The van der Waals surface area contributed by atoms with Crippen LogP contribution >= 0.6 is 0 Å². The topological polar surface area (TPSA) is 86.7 Å². The van der Waals surface area contributed by atoms with E-state index < -0.39 is 18.3 Å². The van der Waals surface area contributed by atoms with Crippen LogP contribution in [0.4, 0.5) is 0 Å². The van der Waals surface area contributed by atoms with Crippen molar-refractivity contribution < 1.29 is 25.2 Å². The van der Waals surface area contributed by atoms with Crippen LogP contribution in [0.5, 0.6) is 0 Å². The first-order valence-electron chi connectivity index (χ1n) is 2.57. The third-order valence-corrected chi connectivity index (χ3v) is 4.35. The highest BCUT2D eigenvalue weighted by atomic mass is 33.2.